The lowest BCUT2D eigenvalue weighted by molar-refractivity contribution is 0.598. The molecule has 0 radical (unpaired) electrons. The highest BCUT2D eigenvalue weighted by atomic mass is 35.5. The Bertz CT molecular complexity index is 1390. The molecule has 2 aromatic carbocycles. The monoisotopic (exact) mass is 430 g/mol. The number of benzene rings is 2. The first-order chi connectivity index (χ1) is 13.8. The summed E-state index contributed by atoms with van der Waals surface area (Å²) in [5.41, 5.74) is 1.82. The van der Waals surface area contributed by atoms with Crippen LogP contribution in [0.3, 0.4) is 0 Å². The van der Waals surface area contributed by atoms with Crippen molar-refractivity contribution in [2.45, 2.75) is 4.90 Å². The first-order valence-corrected chi connectivity index (χ1v) is 10.3. The number of para-hydroxylation sites is 2. The molecule has 0 spiro atoms. The second-order valence-corrected chi connectivity index (χ2v) is 8.18. The summed E-state index contributed by atoms with van der Waals surface area (Å²) in [4.78, 5) is 17.2. The summed E-state index contributed by atoms with van der Waals surface area (Å²) in [5.74, 6) is 0.335. The number of sulfonamides is 1. The number of hydrogen-bond acceptors (Lipinski definition) is 6. The van der Waals surface area contributed by atoms with Gasteiger partial charge in [0.15, 0.2) is 0 Å². The van der Waals surface area contributed by atoms with Crippen LogP contribution in [0.25, 0.3) is 17.0 Å². The Morgan fingerprint density at radius 2 is 1.79 bits per heavy atom. The molecular formula is C18H15ClN6O3S. The van der Waals surface area contributed by atoms with Gasteiger partial charge in [0, 0.05) is 12.7 Å². The number of imidazole rings is 1. The van der Waals surface area contributed by atoms with E-state index in [-0.39, 0.29) is 15.6 Å². The summed E-state index contributed by atoms with van der Waals surface area (Å²) in [6.07, 6.45) is 1.40. The van der Waals surface area contributed by atoms with Crippen molar-refractivity contribution in [1.82, 2.24) is 19.3 Å². The molecule has 148 valence electrons. The summed E-state index contributed by atoms with van der Waals surface area (Å²) in [6.45, 7) is 0. The van der Waals surface area contributed by atoms with E-state index in [1.165, 1.54) is 30.5 Å². The van der Waals surface area contributed by atoms with Crippen molar-refractivity contribution >= 4 is 44.0 Å². The first kappa shape index (κ1) is 19.1. The van der Waals surface area contributed by atoms with E-state index < -0.39 is 15.6 Å². The van der Waals surface area contributed by atoms with Crippen LogP contribution in [0, 0.1) is 0 Å². The molecule has 4 rings (SSSR count). The molecule has 0 fully saturated rings. The van der Waals surface area contributed by atoms with Crippen LogP contribution in [-0.4, -0.2) is 27.7 Å². The van der Waals surface area contributed by atoms with E-state index in [4.69, 9.17) is 16.7 Å². The molecular weight excluding hydrogens is 416 g/mol. The third-order valence-corrected chi connectivity index (χ3v) is 5.63. The second kappa shape index (κ2) is 6.99. The van der Waals surface area contributed by atoms with Gasteiger partial charge < -0.3 is 9.88 Å². The third-order valence-electron chi connectivity index (χ3n) is 4.33. The number of halogens is 1. The van der Waals surface area contributed by atoms with E-state index in [0.29, 0.717) is 11.6 Å². The van der Waals surface area contributed by atoms with Crippen molar-refractivity contribution in [3.63, 3.8) is 0 Å². The molecule has 29 heavy (non-hydrogen) atoms. The summed E-state index contributed by atoms with van der Waals surface area (Å²) >= 11 is 6.26. The first-order valence-electron chi connectivity index (χ1n) is 8.35. The van der Waals surface area contributed by atoms with Crippen molar-refractivity contribution in [2.24, 2.45) is 12.2 Å². The zero-order chi connectivity index (χ0) is 20.8. The molecule has 0 aliphatic rings. The van der Waals surface area contributed by atoms with Crippen LogP contribution in [0.1, 0.15) is 0 Å². The van der Waals surface area contributed by atoms with E-state index in [0.717, 1.165) is 15.7 Å². The van der Waals surface area contributed by atoms with Gasteiger partial charge in [-0.3, -0.25) is 4.79 Å². The lowest BCUT2D eigenvalue weighted by atomic mass is 10.3. The number of hydrogen-bond donors (Lipinski definition) is 2. The Morgan fingerprint density at radius 3 is 2.45 bits per heavy atom. The standard InChI is InChI=1S/C18H15ClN6O3S/c1-24-15-5-3-2-4-13(15)23-18(24)25-17(26)16(19)14(10-21-25)22-11-6-8-12(9-7-11)29(20,27)28/h2-10,22H,1H3,(H2,20,27,28). The van der Waals surface area contributed by atoms with E-state index in [1.807, 2.05) is 24.3 Å². The fourth-order valence-electron chi connectivity index (χ4n) is 2.87. The Morgan fingerprint density at radius 1 is 1.10 bits per heavy atom. The summed E-state index contributed by atoms with van der Waals surface area (Å²) < 4.78 is 25.6. The highest BCUT2D eigenvalue weighted by Crippen LogP contribution is 2.23. The van der Waals surface area contributed by atoms with Crippen molar-refractivity contribution in [3.8, 4) is 5.95 Å². The topological polar surface area (TPSA) is 125 Å². The lowest BCUT2D eigenvalue weighted by Crippen LogP contribution is -2.24. The maximum atomic E-state index is 12.8. The maximum Gasteiger partial charge on any atom is 0.295 e. The smallest absolute Gasteiger partial charge is 0.295 e. The minimum Gasteiger partial charge on any atom is -0.353 e. The van der Waals surface area contributed by atoms with Gasteiger partial charge in [-0.05, 0) is 36.4 Å². The van der Waals surface area contributed by atoms with Crippen LogP contribution >= 0.6 is 11.6 Å². The number of nitrogens with one attached hydrogen (secondary N) is 1. The van der Waals surface area contributed by atoms with Crippen molar-refractivity contribution in [3.05, 3.63) is 70.1 Å². The largest absolute Gasteiger partial charge is 0.353 e. The predicted octanol–water partition coefficient (Wildman–Crippen LogP) is 2.16. The number of rotatable bonds is 4. The minimum absolute atomic E-state index is 0.0236. The van der Waals surface area contributed by atoms with E-state index in [9.17, 15) is 13.2 Å². The summed E-state index contributed by atoms with van der Waals surface area (Å²) in [5, 5.41) is 12.1. The number of nitrogens with zero attached hydrogens (tertiary/aromatic N) is 4. The highest BCUT2D eigenvalue weighted by Gasteiger charge is 2.16. The van der Waals surface area contributed by atoms with Crippen molar-refractivity contribution < 1.29 is 8.42 Å². The van der Waals surface area contributed by atoms with E-state index >= 15 is 0 Å². The zero-order valence-electron chi connectivity index (χ0n) is 15.1. The fraction of sp³-hybridized carbons (Fsp3) is 0.0556. The van der Waals surface area contributed by atoms with Crippen LogP contribution in [0.2, 0.25) is 5.02 Å². The molecule has 2 heterocycles. The van der Waals surface area contributed by atoms with E-state index in [1.54, 1.807) is 11.6 Å². The van der Waals surface area contributed by atoms with Gasteiger partial charge in [0.1, 0.15) is 5.02 Å². The van der Waals surface area contributed by atoms with Crippen LogP contribution in [0.5, 0.6) is 0 Å². The summed E-state index contributed by atoms with van der Waals surface area (Å²) in [6, 6.07) is 13.2. The fourth-order valence-corrected chi connectivity index (χ4v) is 3.56. The predicted molar refractivity (Wildman–Crippen MR) is 110 cm³/mol. The molecule has 4 aromatic rings. The number of fused-ring (bicyclic) bond motifs is 1. The van der Waals surface area contributed by atoms with Crippen LogP contribution in [0.4, 0.5) is 11.4 Å². The molecule has 0 saturated carbocycles. The molecule has 11 heteroatoms. The Balaban J connectivity index is 1.70. The van der Waals surface area contributed by atoms with Gasteiger partial charge >= 0.3 is 0 Å². The molecule has 3 N–H and O–H groups in total. The van der Waals surface area contributed by atoms with Gasteiger partial charge in [0.2, 0.25) is 16.0 Å². The normalized spacial score (nSPS) is 11.7. The second-order valence-electron chi connectivity index (χ2n) is 6.24. The molecule has 0 aliphatic heterocycles. The molecule has 0 bridgehead atoms. The van der Waals surface area contributed by atoms with Gasteiger partial charge in [0.05, 0.1) is 27.8 Å². The number of anilines is 2. The Kier molecular flexibility index (Phi) is 4.61. The maximum absolute atomic E-state index is 12.8. The zero-order valence-corrected chi connectivity index (χ0v) is 16.6. The molecule has 9 nitrogen and oxygen atoms in total. The van der Waals surface area contributed by atoms with Gasteiger partial charge in [-0.15, -0.1) is 0 Å². The number of aromatic nitrogens is 4. The molecule has 2 aromatic heterocycles. The van der Waals surface area contributed by atoms with Crippen molar-refractivity contribution in [2.75, 3.05) is 5.32 Å². The Labute approximate surface area is 170 Å². The third kappa shape index (κ3) is 3.48. The Hall–Kier alpha value is -3.21. The lowest BCUT2D eigenvalue weighted by Gasteiger charge is -2.10. The average Bonchev–Trinajstić information content (AvgIpc) is 3.02. The molecule has 0 atom stereocenters. The van der Waals surface area contributed by atoms with Gasteiger partial charge in [-0.1, -0.05) is 23.7 Å². The van der Waals surface area contributed by atoms with Crippen molar-refractivity contribution in [1.29, 1.82) is 0 Å². The van der Waals surface area contributed by atoms with Gasteiger partial charge in [-0.25, -0.2) is 18.5 Å². The number of primary sulfonamides is 1. The average molecular weight is 431 g/mol. The number of nitrogens with two attached hydrogens (primary N) is 1. The molecule has 0 amide bonds. The minimum atomic E-state index is -3.79. The van der Waals surface area contributed by atoms with Gasteiger partial charge in [-0.2, -0.15) is 9.78 Å². The van der Waals surface area contributed by atoms with Crippen LogP contribution in [-0.2, 0) is 17.1 Å². The highest BCUT2D eigenvalue weighted by molar-refractivity contribution is 7.89. The van der Waals surface area contributed by atoms with E-state index in [2.05, 4.69) is 15.4 Å². The number of aryl methyl sites for hydroxylation is 1. The van der Waals surface area contributed by atoms with Crippen LogP contribution < -0.4 is 16.0 Å². The molecule has 0 aliphatic carbocycles. The molecule has 0 saturated heterocycles. The SMILES string of the molecule is Cn1c(-n2ncc(Nc3ccc(S(N)(=O)=O)cc3)c(Cl)c2=O)nc2ccccc21. The molecule has 0 unspecified atom stereocenters. The van der Waals surface area contributed by atoms with Gasteiger partial charge in [0.25, 0.3) is 5.56 Å². The quantitative estimate of drug-likeness (QED) is 0.511. The van der Waals surface area contributed by atoms with Crippen LogP contribution in [0.15, 0.2) is 64.4 Å². The summed E-state index contributed by atoms with van der Waals surface area (Å²) in [7, 11) is -2.00.